The first-order valence-corrected chi connectivity index (χ1v) is 6.37. The number of aromatic nitrogens is 1. The zero-order valence-corrected chi connectivity index (χ0v) is 11.0. The van der Waals surface area contributed by atoms with Crippen LogP contribution in [0.15, 0.2) is 10.6 Å². The second-order valence-electron chi connectivity index (χ2n) is 4.97. The summed E-state index contributed by atoms with van der Waals surface area (Å²) in [7, 11) is 0. The lowest BCUT2D eigenvalue weighted by atomic mass is 10.0. The van der Waals surface area contributed by atoms with E-state index in [0.29, 0.717) is 31.6 Å². The monoisotopic (exact) mass is 291 g/mol. The number of amides is 1. The Balaban J connectivity index is 1.78. The Morgan fingerprint density at radius 3 is 2.65 bits per heavy atom. The molecule has 1 fully saturated rings. The summed E-state index contributed by atoms with van der Waals surface area (Å²) in [4.78, 5) is 13.1. The van der Waals surface area contributed by atoms with E-state index in [2.05, 4.69) is 10.5 Å². The van der Waals surface area contributed by atoms with E-state index in [9.17, 15) is 18.0 Å². The van der Waals surface area contributed by atoms with Gasteiger partial charge in [-0.15, -0.1) is 0 Å². The summed E-state index contributed by atoms with van der Waals surface area (Å²) in [6.07, 6.45) is -3.18. The molecule has 0 atom stereocenters. The SMILES string of the molecule is Cc1cc(C(=O)NC2CCN(CC(F)(F)F)CC2)on1. The van der Waals surface area contributed by atoms with Crippen molar-refractivity contribution in [3.63, 3.8) is 0 Å². The van der Waals surface area contributed by atoms with Crippen LogP contribution in [-0.4, -0.2) is 47.8 Å². The molecule has 1 aromatic rings. The Morgan fingerprint density at radius 2 is 2.15 bits per heavy atom. The lowest BCUT2D eigenvalue weighted by molar-refractivity contribution is -0.148. The van der Waals surface area contributed by atoms with Crippen molar-refractivity contribution in [3.05, 3.63) is 17.5 Å². The van der Waals surface area contributed by atoms with Crippen molar-refractivity contribution in [1.82, 2.24) is 15.4 Å². The predicted octanol–water partition coefficient (Wildman–Crippen LogP) is 1.74. The average molecular weight is 291 g/mol. The fourth-order valence-corrected chi connectivity index (χ4v) is 2.22. The van der Waals surface area contributed by atoms with Gasteiger partial charge in [-0.2, -0.15) is 13.2 Å². The Labute approximate surface area is 114 Å². The third kappa shape index (κ3) is 4.22. The van der Waals surface area contributed by atoms with Gasteiger partial charge in [0, 0.05) is 25.2 Å². The van der Waals surface area contributed by atoms with E-state index in [1.165, 1.54) is 11.0 Å². The van der Waals surface area contributed by atoms with Crippen LogP contribution in [0, 0.1) is 6.92 Å². The van der Waals surface area contributed by atoms with Gasteiger partial charge < -0.3 is 9.84 Å². The molecule has 0 aromatic carbocycles. The van der Waals surface area contributed by atoms with Gasteiger partial charge in [0.2, 0.25) is 5.76 Å². The van der Waals surface area contributed by atoms with Gasteiger partial charge in [0.25, 0.3) is 5.91 Å². The molecule has 5 nitrogen and oxygen atoms in total. The van der Waals surface area contributed by atoms with Gasteiger partial charge in [-0.25, -0.2) is 0 Å². The predicted molar refractivity (Wildman–Crippen MR) is 64.2 cm³/mol. The van der Waals surface area contributed by atoms with E-state index in [0.717, 1.165) is 0 Å². The molecule has 8 heteroatoms. The number of carbonyl (C=O) groups excluding carboxylic acids is 1. The van der Waals surface area contributed by atoms with E-state index in [1.54, 1.807) is 6.92 Å². The summed E-state index contributed by atoms with van der Waals surface area (Å²) in [5.41, 5.74) is 0.607. The van der Waals surface area contributed by atoms with E-state index in [-0.39, 0.29) is 17.7 Å². The molecule has 1 aliphatic rings. The molecule has 112 valence electrons. The fourth-order valence-electron chi connectivity index (χ4n) is 2.22. The van der Waals surface area contributed by atoms with Crippen LogP contribution in [0.5, 0.6) is 0 Å². The highest BCUT2D eigenvalue weighted by Crippen LogP contribution is 2.20. The molecule has 0 unspecified atom stereocenters. The first-order chi connectivity index (χ1) is 9.33. The third-order valence-electron chi connectivity index (χ3n) is 3.18. The lowest BCUT2D eigenvalue weighted by Crippen LogP contribution is -2.47. The van der Waals surface area contributed by atoms with Crippen LogP contribution in [-0.2, 0) is 0 Å². The third-order valence-corrected chi connectivity index (χ3v) is 3.18. The Morgan fingerprint density at radius 1 is 1.50 bits per heavy atom. The van der Waals surface area contributed by atoms with Crippen LogP contribution in [0.3, 0.4) is 0 Å². The molecular formula is C12H16F3N3O2. The number of likely N-dealkylation sites (tertiary alicyclic amines) is 1. The van der Waals surface area contributed by atoms with Crippen molar-refractivity contribution in [2.45, 2.75) is 32.0 Å². The highest BCUT2D eigenvalue weighted by molar-refractivity contribution is 5.91. The smallest absolute Gasteiger partial charge is 0.351 e. The van der Waals surface area contributed by atoms with Crippen molar-refractivity contribution in [2.75, 3.05) is 19.6 Å². The number of carbonyl (C=O) groups is 1. The van der Waals surface area contributed by atoms with E-state index >= 15 is 0 Å². The summed E-state index contributed by atoms with van der Waals surface area (Å²) < 4.78 is 41.6. The lowest BCUT2D eigenvalue weighted by Gasteiger charge is -2.32. The molecule has 1 aromatic heterocycles. The van der Waals surface area contributed by atoms with Crippen LogP contribution in [0.1, 0.15) is 29.1 Å². The van der Waals surface area contributed by atoms with E-state index < -0.39 is 12.7 Å². The van der Waals surface area contributed by atoms with Crippen molar-refractivity contribution in [2.24, 2.45) is 0 Å². The van der Waals surface area contributed by atoms with E-state index in [4.69, 9.17) is 4.52 Å². The number of halogens is 3. The molecule has 1 amide bonds. The minimum absolute atomic E-state index is 0.125. The first kappa shape index (κ1) is 14.8. The van der Waals surface area contributed by atoms with Crippen LogP contribution in [0.2, 0.25) is 0 Å². The van der Waals surface area contributed by atoms with Crippen molar-refractivity contribution in [1.29, 1.82) is 0 Å². The number of piperidine rings is 1. The minimum atomic E-state index is -4.17. The van der Waals surface area contributed by atoms with Gasteiger partial charge in [0.15, 0.2) is 0 Å². The summed E-state index contributed by atoms with van der Waals surface area (Å²) in [5, 5.41) is 6.37. The number of hydrogen-bond donors (Lipinski definition) is 1. The second kappa shape index (κ2) is 5.82. The van der Waals surface area contributed by atoms with Gasteiger partial charge in [-0.05, 0) is 19.8 Å². The van der Waals surface area contributed by atoms with Crippen LogP contribution in [0.4, 0.5) is 13.2 Å². The topological polar surface area (TPSA) is 58.4 Å². The first-order valence-electron chi connectivity index (χ1n) is 6.37. The highest BCUT2D eigenvalue weighted by atomic mass is 19.4. The normalized spacial score (nSPS) is 18.2. The molecule has 20 heavy (non-hydrogen) atoms. The number of nitrogens with one attached hydrogen (secondary N) is 1. The van der Waals surface area contributed by atoms with Gasteiger partial charge in [-0.3, -0.25) is 9.69 Å². The standard InChI is InChI=1S/C12H16F3N3O2/c1-8-6-10(20-17-8)11(19)16-9-2-4-18(5-3-9)7-12(13,14)15/h6,9H,2-5,7H2,1H3,(H,16,19). The highest BCUT2D eigenvalue weighted by Gasteiger charge is 2.32. The zero-order chi connectivity index (χ0) is 14.8. The van der Waals surface area contributed by atoms with Crippen LogP contribution >= 0.6 is 0 Å². The Bertz CT molecular complexity index is 465. The number of aryl methyl sites for hydroxylation is 1. The molecule has 0 bridgehead atoms. The summed E-state index contributed by atoms with van der Waals surface area (Å²) >= 11 is 0. The molecule has 2 heterocycles. The molecule has 1 aliphatic heterocycles. The summed E-state index contributed by atoms with van der Waals surface area (Å²) in [5.74, 6) is -0.250. The maximum atomic E-state index is 12.2. The number of hydrogen-bond acceptors (Lipinski definition) is 4. The molecule has 0 saturated carbocycles. The number of alkyl halides is 3. The average Bonchev–Trinajstić information content (AvgIpc) is 2.77. The number of nitrogens with zero attached hydrogens (tertiary/aromatic N) is 2. The zero-order valence-electron chi connectivity index (χ0n) is 11.0. The summed E-state index contributed by atoms with van der Waals surface area (Å²) in [6.45, 7) is 1.45. The van der Waals surface area contributed by atoms with E-state index in [1.807, 2.05) is 0 Å². The van der Waals surface area contributed by atoms with Crippen LogP contribution in [0.25, 0.3) is 0 Å². The van der Waals surface area contributed by atoms with Gasteiger partial charge in [0.1, 0.15) is 0 Å². The molecule has 0 aliphatic carbocycles. The second-order valence-corrected chi connectivity index (χ2v) is 4.97. The minimum Gasteiger partial charge on any atom is -0.351 e. The maximum absolute atomic E-state index is 12.2. The Hall–Kier alpha value is -1.57. The van der Waals surface area contributed by atoms with Crippen molar-refractivity contribution < 1.29 is 22.5 Å². The van der Waals surface area contributed by atoms with Crippen LogP contribution < -0.4 is 5.32 Å². The number of rotatable bonds is 3. The molecule has 2 rings (SSSR count). The molecule has 0 radical (unpaired) electrons. The quantitative estimate of drug-likeness (QED) is 0.921. The molecule has 0 spiro atoms. The van der Waals surface area contributed by atoms with Gasteiger partial charge >= 0.3 is 6.18 Å². The fraction of sp³-hybridized carbons (Fsp3) is 0.667. The maximum Gasteiger partial charge on any atom is 0.401 e. The Kier molecular flexibility index (Phi) is 4.32. The van der Waals surface area contributed by atoms with Gasteiger partial charge in [-0.1, -0.05) is 5.16 Å². The van der Waals surface area contributed by atoms with Crippen molar-refractivity contribution in [3.8, 4) is 0 Å². The largest absolute Gasteiger partial charge is 0.401 e. The molecule has 1 N–H and O–H groups in total. The van der Waals surface area contributed by atoms with Crippen molar-refractivity contribution >= 4 is 5.91 Å². The summed E-state index contributed by atoms with van der Waals surface area (Å²) in [6, 6.07) is 1.39. The molecule has 1 saturated heterocycles. The van der Waals surface area contributed by atoms with Gasteiger partial charge in [0.05, 0.1) is 12.2 Å². The molecular weight excluding hydrogens is 275 g/mol.